The first-order valence-electron chi connectivity index (χ1n) is 8.10. The molecule has 0 aliphatic rings. The summed E-state index contributed by atoms with van der Waals surface area (Å²) in [5, 5.41) is 0. The number of hydrogen-bond donors (Lipinski definition) is 1. The highest BCUT2D eigenvalue weighted by atomic mass is 32.2. The summed E-state index contributed by atoms with van der Waals surface area (Å²) >= 11 is 0. The molecule has 8 heteroatoms. The van der Waals surface area contributed by atoms with Crippen molar-refractivity contribution >= 4 is 19.9 Å². The van der Waals surface area contributed by atoms with Gasteiger partial charge in [0, 0.05) is 18.9 Å². The van der Waals surface area contributed by atoms with E-state index in [2.05, 4.69) is 9.71 Å². The van der Waals surface area contributed by atoms with Crippen molar-refractivity contribution in [2.75, 3.05) is 0 Å². The quantitative estimate of drug-likeness (QED) is 0.684. The third-order valence-electron chi connectivity index (χ3n) is 4.03. The maximum atomic E-state index is 12.8. The average molecular weight is 402 g/mol. The minimum atomic E-state index is -3.89. The van der Waals surface area contributed by atoms with Crippen molar-refractivity contribution in [1.29, 1.82) is 0 Å². The van der Waals surface area contributed by atoms with E-state index < -0.39 is 19.9 Å². The molecule has 140 valence electrons. The van der Waals surface area contributed by atoms with E-state index in [0.29, 0.717) is 5.56 Å². The molecule has 0 aliphatic heterocycles. The van der Waals surface area contributed by atoms with E-state index in [4.69, 9.17) is 0 Å². The summed E-state index contributed by atoms with van der Waals surface area (Å²) < 4.78 is 53.5. The Bertz CT molecular complexity index is 1140. The summed E-state index contributed by atoms with van der Waals surface area (Å²) in [5.41, 5.74) is 1.21. The second-order valence-electron chi connectivity index (χ2n) is 5.92. The van der Waals surface area contributed by atoms with Gasteiger partial charge in [-0.2, -0.15) is 0 Å². The molecule has 0 spiro atoms. The van der Waals surface area contributed by atoms with E-state index in [1.54, 1.807) is 49.6 Å². The predicted molar refractivity (Wildman–Crippen MR) is 101 cm³/mol. The third-order valence-corrected chi connectivity index (χ3v) is 7.34. The van der Waals surface area contributed by atoms with Gasteiger partial charge in [0.05, 0.1) is 14.7 Å². The number of nitrogens with zero attached hydrogens (tertiary/aromatic N) is 1. The number of sulfone groups is 1. The van der Waals surface area contributed by atoms with Crippen LogP contribution in [0.5, 0.6) is 0 Å². The van der Waals surface area contributed by atoms with Crippen molar-refractivity contribution in [1.82, 2.24) is 9.71 Å². The van der Waals surface area contributed by atoms with E-state index in [-0.39, 0.29) is 21.2 Å². The molecule has 0 unspecified atom stereocenters. The molecule has 3 rings (SSSR count). The van der Waals surface area contributed by atoms with Crippen LogP contribution in [0.15, 0.2) is 87.7 Å². The van der Waals surface area contributed by atoms with Gasteiger partial charge < -0.3 is 0 Å². The van der Waals surface area contributed by atoms with Crippen molar-refractivity contribution in [3.05, 3.63) is 84.2 Å². The maximum Gasteiger partial charge on any atom is 0.241 e. The minimum absolute atomic E-state index is 0.0615. The Morgan fingerprint density at radius 3 is 2.19 bits per heavy atom. The van der Waals surface area contributed by atoms with Gasteiger partial charge in [0.15, 0.2) is 0 Å². The van der Waals surface area contributed by atoms with Crippen LogP contribution in [-0.2, 0) is 26.4 Å². The first-order valence-corrected chi connectivity index (χ1v) is 11.1. The summed E-state index contributed by atoms with van der Waals surface area (Å²) in [6.07, 6.45) is 3.14. The molecule has 0 saturated heterocycles. The molecule has 0 bridgehead atoms. The van der Waals surface area contributed by atoms with E-state index in [1.165, 1.54) is 30.3 Å². The van der Waals surface area contributed by atoms with Crippen molar-refractivity contribution in [3.63, 3.8) is 0 Å². The zero-order valence-electron chi connectivity index (χ0n) is 14.5. The molecule has 27 heavy (non-hydrogen) atoms. The lowest BCUT2D eigenvalue weighted by Crippen LogP contribution is -2.24. The van der Waals surface area contributed by atoms with Crippen LogP contribution in [-0.4, -0.2) is 21.8 Å². The monoisotopic (exact) mass is 402 g/mol. The number of rotatable bonds is 6. The number of nitrogens with one attached hydrogen (secondary N) is 1. The summed E-state index contributed by atoms with van der Waals surface area (Å²) in [7, 11) is -7.70. The second-order valence-corrected chi connectivity index (χ2v) is 9.61. The van der Waals surface area contributed by atoms with Crippen LogP contribution in [0.25, 0.3) is 0 Å². The first kappa shape index (κ1) is 19.2. The molecular weight excluding hydrogens is 384 g/mol. The third kappa shape index (κ3) is 4.24. The van der Waals surface area contributed by atoms with Crippen LogP contribution < -0.4 is 4.72 Å². The zero-order valence-corrected chi connectivity index (χ0v) is 16.2. The van der Waals surface area contributed by atoms with Crippen LogP contribution in [0.3, 0.4) is 0 Å². The smallest absolute Gasteiger partial charge is 0.241 e. The molecular formula is C19H18N2O4S2. The van der Waals surface area contributed by atoms with E-state index >= 15 is 0 Å². The van der Waals surface area contributed by atoms with Gasteiger partial charge in [0.1, 0.15) is 0 Å². The Morgan fingerprint density at radius 1 is 0.852 bits per heavy atom. The Labute approximate surface area is 158 Å². The molecule has 1 aromatic heterocycles. The highest BCUT2D eigenvalue weighted by Crippen LogP contribution is 2.25. The molecule has 0 atom stereocenters. The molecule has 1 N–H and O–H groups in total. The molecule has 0 saturated carbocycles. The summed E-state index contributed by atoms with van der Waals surface area (Å²) in [4.78, 5) is 3.87. The summed E-state index contributed by atoms with van der Waals surface area (Å²) in [6.45, 7) is 1.71. The Morgan fingerprint density at radius 2 is 1.52 bits per heavy atom. The fraction of sp³-hybridized carbons (Fsp3) is 0.105. The molecule has 0 amide bonds. The lowest BCUT2D eigenvalue weighted by atomic mass is 10.2. The van der Waals surface area contributed by atoms with Crippen molar-refractivity contribution in [2.45, 2.75) is 28.2 Å². The van der Waals surface area contributed by atoms with Gasteiger partial charge in [-0.15, -0.1) is 0 Å². The first-order chi connectivity index (χ1) is 12.8. The van der Waals surface area contributed by atoms with Gasteiger partial charge in [0.2, 0.25) is 19.9 Å². The van der Waals surface area contributed by atoms with E-state index in [1.807, 2.05) is 0 Å². The van der Waals surface area contributed by atoms with Crippen molar-refractivity contribution in [3.8, 4) is 0 Å². The highest BCUT2D eigenvalue weighted by Gasteiger charge is 2.23. The Hall–Kier alpha value is -2.55. The molecule has 2 aromatic carbocycles. The lowest BCUT2D eigenvalue weighted by Gasteiger charge is -2.12. The van der Waals surface area contributed by atoms with Crippen LogP contribution in [0.2, 0.25) is 0 Å². The van der Waals surface area contributed by atoms with Gasteiger partial charge >= 0.3 is 0 Å². The largest absolute Gasteiger partial charge is 0.265 e. The molecule has 0 fully saturated rings. The standard InChI is InChI=1S/C19H18N2O4S2/c1-15-7-8-18(26(22,23)17-5-3-2-4-6-17)13-19(15)27(24,25)21-14-16-9-11-20-12-10-16/h2-13,21H,14H2,1H3. The molecule has 3 aromatic rings. The normalized spacial score (nSPS) is 12.0. The number of aromatic nitrogens is 1. The minimum Gasteiger partial charge on any atom is -0.265 e. The van der Waals surface area contributed by atoms with Crippen molar-refractivity contribution < 1.29 is 16.8 Å². The molecule has 0 aliphatic carbocycles. The summed E-state index contributed by atoms with van der Waals surface area (Å²) in [6, 6.07) is 15.4. The number of benzene rings is 2. The highest BCUT2D eigenvalue weighted by molar-refractivity contribution is 7.91. The number of pyridine rings is 1. The molecule has 0 radical (unpaired) electrons. The van der Waals surface area contributed by atoms with Crippen LogP contribution >= 0.6 is 0 Å². The summed E-state index contributed by atoms with van der Waals surface area (Å²) in [5.74, 6) is 0. The lowest BCUT2D eigenvalue weighted by molar-refractivity contribution is 0.580. The average Bonchev–Trinajstić information content (AvgIpc) is 2.68. The number of aryl methyl sites for hydroxylation is 1. The van der Waals surface area contributed by atoms with Crippen LogP contribution in [0.4, 0.5) is 0 Å². The second kappa shape index (κ2) is 7.59. The Kier molecular flexibility index (Phi) is 5.41. The van der Waals surface area contributed by atoms with E-state index in [0.717, 1.165) is 5.56 Å². The van der Waals surface area contributed by atoms with Crippen molar-refractivity contribution in [2.24, 2.45) is 0 Å². The fourth-order valence-electron chi connectivity index (χ4n) is 2.53. The maximum absolute atomic E-state index is 12.8. The number of sulfonamides is 1. The number of hydrogen-bond acceptors (Lipinski definition) is 5. The van der Waals surface area contributed by atoms with E-state index in [9.17, 15) is 16.8 Å². The van der Waals surface area contributed by atoms with Crippen LogP contribution in [0.1, 0.15) is 11.1 Å². The van der Waals surface area contributed by atoms with Gasteiger partial charge in [-0.25, -0.2) is 21.6 Å². The SMILES string of the molecule is Cc1ccc(S(=O)(=O)c2ccccc2)cc1S(=O)(=O)NCc1ccncc1. The topological polar surface area (TPSA) is 93.2 Å². The van der Waals surface area contributed by atoms with Crippen LogP contribution in [0, 0.1) is 6.92 Å². The van der Waals surface area contributed by atoms with Gasteiger partial charge in [0.25, 0.3) is 0 Å². The predicted octanol–water partition coefficient (Wildman–Crippen LogP) is 2.70. The zero-order chi connectivity index (χ0) is 19.5. The molecule has 1 heterocycles. The van der Waals surface area contributed by atoms with Gasteiger partial charge in [-0.3, -0.25) is 4.98 Å². The van der Waals surface area contributed by atoms with Gasteiger partial charge in [-0.05, 0) is 54.4 Å². The molecule has 6 nitrogen and oxygen atoms in total. The van der Waals surface area contributed by atoms with Gasteiger partial charge in [-0.1, -0.05) is 24.3 Å². The fourth-order valence-corrected chi connectivity index (χ4v) is 5.20. The Balaban J connectivity index is 1.96.